The summed E-state index contributed by atoms with van der Waals surface area (Å²) in [6, 6.07) is 0. The van der Waals surface area contributed by atoms with Gasteiger partial charge in [0.2, 0.25) is 0 Å². The Balaban J connectivity index is 0. The van der Waals surface area contributed by atoms with E-state index in [0.717, 1.165) is 25.7 Å². The van der Waals surface area contributed by atoms with Crippen molar-refractivity contribution in [1.29, 1.82) is 0 Å². The molecule has 0 atom stereocenters. The summed E-state index contributed by atoms with van der Waals surface area (Å²) < 4.78 is 0. The zero-order valence-electron chi connectivity index (χ0n) is 18.8. The van der Waals surface area contributed by atoms with Crippen LogP contribution in [0, 0.1) is 11.8 Å². The summed E-state index contributed by atoms with van der Waals surface area (Å²) in [6.07, 6.45) is 3.97. The molecule has 2 saturated heterocycles. The Morgan fingerprint density at radius 3 is 0.846 bits per heavy atom. The van der Waals surface area contributed by atoms with Crippen LogP contribution in [0.15, 0.2) is 0 Å². The molecule has 0 unspecified atom stereocenters. The van der Waals surface area contributed by atoms with E-state index in [4.69, 9.17) is 0 Å². The number of hydroxylamine groups is 4. The van der Waals surface area contributed by atoms with Crippen LogP contribution >= 0.6 is 0 Å². The van der Waals surface area contributed by atoms with E-state index < -0.39 is 0 Å². The Morgan fingerprint density at radius 2 is 0.692 bits per heavy atom. The van der Waals surface area contributed by atoms with E-state index in [2.05, 4.69) is 69.2 Å². The molecule has 2 fully saturated rings. The van der Waals surface area contributed by atoms with Crippen LogP contribution in [0.4, 0.5) is 0 Å². The van der Waals surface area contributed by atoms with Gasteiger partial charge in [0.1, 0.15) is 0 Å². The van der Waals surface area contributed by atoms with Crippen molar-refractivity contribution in [2.24, 2.45) is 0 Å². The second kappa shape index (κ2) is 10.4. The van der Waals surface area contributed by atoms with Crippen LogP contribution in [0.5, 0.6) is 0 Å². The molecule has 0 saturated carbocycles. The first-order valence-electron chi connectivity index (χ1n) is 9.12. The second-order valence-corrected chi connectivity index (χ2v) is 10.5. The van der Waals surface area contributed by atoms with Gasteiger partial charge in [0.15, 0.2) is 0 Å². The van der Waals surface area contributed by atoms with Crippen molar-refractivity contribution in [2.45, 2.75) is 117 Å². The van der Waals surface area contributed by atoms with Gasteiger partial charge in [-0.3, -0.25) is 0 Å². The number of nitrogens with zero attached hydrogens (tertiary/aromatic N) is 2. The molecular weight excluding hydrogens is 478 g/mol. The van der Waals surface area contributed by atoms with Gasteiger partial charge in [-0.2, -0.15) is 49.7 Å². The maximum absolute atomic E-state index is 9.90. The first-order chi connectivity index (χ1) is 10.5. The summed E-state index contributed by atoms with van der Waals surface area (Å²) in [6.45, 7) is 21.0. The summed E-state index contributed by atoms with van der Waals surface area (Å²) in [5.41, 5.74) is -0.421. The molecule has 0 spiro atoms. The Hall–Kier alpha value is 2.05. The van der Waals surface area contributed by atoms with Gasteiger partial charge >= 0.3 is 0 Å². The van der Waals surface area contributed by atoms with E-state index >= 15 is 0 Å². The van der Waals surface area contributed by atoms with Crippen LogP contribution in [0.25, 0.3) is 0 Å². The molecule has 0 aromatic carbocycles. The van der Waals surface area contributed by atoms with Gasteiger partial charge in [-0.1, -0.05) is 0 Å². The quantitative estimate of drug-likeness (QED) is 0.431. The molecule has 0 bridgehead atoms. The normalized spacial score (nSPS) is 28.2. The predicted octanol–water partition coefficient (Wildman–Crippen LogP) is 5.24. The average Bonchev–Trinajstić information content (AvgIpc) is 2.31. The van der Waals surface area contributed by atoms with Crippen LogP contribution in [-0.4, -0.2) is 42.7 Å². The summed E-state index contributed by atoms with van der Waals surface area (Å²) in [5, 5.41) is 22.8. The SMILES string of the molecule is C[C-]1CC(C)(C)N(O)C(C)(C)C1.C[C-]1CC(C)(C)N(O)C(C)(C)C1.[Y].[Y]. The van der Waals surface area contributed by atoms with Crippen LogP contribution in [0.1, 0.15) is 94.9 Å². The van der Waals surface area contributed by atoms with E-state index in [0.29, 0.717) is 0 Å². The fraction of sp³-hybridized carbons (Fsp3) is 0.900. The van der Waals surface area contributed by atoms with Gasteiger partial charge in [0.25, 0.3) is 0 Å². The zero-order valence-corrected chi connectivity index (χ0v) is 24.4. The van der Waals surface area contributed by atoms with Crippen molar-refractivity contribution >= 4 is 0 Å². The van der Waals surface area contributed by atoms with Crippen LogP contribution in [0.3, 0.4) is 0 Å². The van der Waals surface area contributed by atoms with Gasteiger partial charge in [0, 0.05) is 87.6 Å². The smallest absolute Gasteiger partial charge is 0.0143 e. The molecule has 26 heavy (non-hydrogen) atoms. The molecule has 2 aliphatic heterocycles. The molecule has 0 aromatic heterocycles. The molecule has 0 aromatic rings. The standard InChI is InChI=1S/2C10H20NO.2Y/c2*1-8-6-9(2,3)11(12)10(4,5)7-8;;/h2*12H,6-7H2,1-5H3;;/q2*-1;;. The van der Waals surface area contributed by atoms with Crippen molar-refractivity contribution in [3.05, 3.63) is 11.8 Å². The largest absolute Gasteiger partial charge is 0.313 e. The van der Waals surface area contributed by atoms with Gasteiger partial charge in [-0.15, -0.1) is 0 Å². The van der Waals surface area contributed by atoms with Crippen molar-refractivity contribution < 1.29 is 75.8 Å². The minimum absolute atomic E-state index is 0. The number of hydrogen-bond donors (Lipinski definition) is 2. The number of rotatable bonds is 0. The number of hydrogen-bond acceptors (Lipinski definition) is 4. The second-order valence-electron chi connectivity index (χ2n) is 10.5. The molecule has 0 aliphatic carbocycles. The molecule has 2 radical (unpaired) electrons. The van der Waals surface area contributed by atoms with E-state index in [-0.39, 0.29) is 87.6 Å². The van der Waals surface area contributed by atoms with Gasteiger partial charge in [0.05, 0.1) is 0 Å². The Bertz CT molecular complexity index is 364. The molecule has 6 heteroatoms. The van der Waals surface area contributed by atoms with Crippen LogP contribution in [0.2, 0.25) is 0 Å². The summed E-state index contributed by atoms with van der Waals surface area (Å²) in [5.74, 6) is 2.96. The fourth-order valence-electron chi connectivity index (χ4n) is 5.02. The van der Waals surface area contributed by atoms with Gasteiger partial charge in [-0.25, -0.2) is 0 Å². The van der Waals surface area contributed by atoms with Crippen LogP contribution in [-0.2, 0) is 65.4 Å². The maximum atomic E-state index is 9.90. The molecule has 2 N–H and O–H groups in total. The molecule has 2 heterocycles. The molecule has 150 valence electrons. The minimum Gasteiger partial charge on any atom is -0.313 e. The Kier molecular flexibility index (Phi) is 12.1. The topological polar surface area (TPSA) is 46.9 Å². The van der Waals surface area contributed by atoms with Crippen molar-refractivity contribution in [1.82, 2.24) is 10.1 Å². The van der Waals surface area contributed by atoms with E-state index in [1.54, 1.807) is 0 Å². The van der Waals surface area contributed by atoms with Crippen LogP contribution < -0.4 is 0 Å². The first kappa shape index (κ1) is 30.2. The predicted molar refractivity (Wildman–Crippen MR) is 99.9 cm³/mol. The van der Waals surface area contributed by atoms with Crippen molar-refractivity contribution in [2.75, 3.05) is 0 Å². The van der Waals surface area contributed by atoms with E-state index in [1.807, 2.05) is 0 Å². The monoisotopic (exact) mass is 518 g/mol. The summed E-state index contributed by atoms with van der Waals surface area (Å²) >= 11 is 0. The molecule has 2 rings (SSSR count). The van der Waals surface area contributed by atoms with Gasteiger partial charge in [-0.05, 0) is 55.4 Å². The van der Waals surface area contributed by atoms with Crippen molar-refractivity contribution in [3.63, 3.8) is 0 Å². The summed E-state index contributed by atoms with van der Waals surface area (Å²) in [7, 11) is 0. The third-order valence-electron chi connectivity index (χ3n) is 5.23. The average molecular weight is 518 g/mol. The Morgan fingerprint density at radius 1 is 0.538 bits per heavy atom. The maximum Gasteiger partial charge on any atom is 0.0143 e. The third kappa shape index (κ3) is 7.71. The molecule has 2 aliphatic rings. The molecular formula is C20H40N2O2Y2-2. The Labute approximate surface area is 212 Å². The minimum atomic E-state index is -0.105. The third-order valence-corrected chi connectivity index (χ3v) is 5.23. The molecule has 0 amide bonds. The molecule has 4 nitrogen and oxygen atoms in total. The number of piperidine rings is 2. The van der Waals surface area contributed by atoms with E-state index in [1.165, 1.54) is 22.0 Å². The summed E-state index contributed by atoms with van der Waals surface area (Å²) in [4.78, 5) is 0. The van der Waals surface area contributed by atoms with E-state index in [9.17, 15) is 10.4 Å². The fourth-order valence-corrected chi connectivity index (χ4v) is 5.02. The first-order valence-corrected chi connectivity index (χ1v) is 9.12. The zero-order chi connectivity index (χ0) is 19.1. The van der Waals surface area contributed by atoms with Crippen molar-refractivity contribution in [3.8, 4) is 0 Å². The van der Waals surface area contributed by atoms with Gasteiger partial charge < -0.3 is 22.3 Å².